The number of hydrogen-bond donors (Lipinski definition) is 12. The predicted octanol–water partition coefficient (Wildman–Crippen LogP) is -6.00. The molecule has 0 bridgehead atoms. The number of aliphatic hydroxyl groups is 5. The van der Waals surface area contributed by atoms with Crippen LogP contribution in [0.25, 0.3) is 0 Å². The van der Waals surface area contributed by atoms with Crippen molar-refractivity contribution in [2.45, 2.75) is 131 Å². The van der Waals surface area contributed by atoms with Crippen LogP contribution in [0.15, 0.2) is 4.99 Å². The van der Waals surface area contributed by atoms with Gasteiger partial charge in [-0.3, -0.25) is 9.79 Å². The van der Waals surface area contributed by atoms with E-state index in [2.05, 4.69) is 15.6 Å². The number of amides is 1. The summed E-state index contributed by atoms with van der Waals surface area (Å²) in [5.41, 5.74) is 28.4. The highest BCUT2D eigenvalue weighted by Gasteiger charge is 2.52. The van der Waals surface area contributed by atoms with Crippen LogP contribution in [-0.2, 0) is 23.7 Å². The molecule has 17 N–H and O–H groups in total. The summed E-state index contributed by atoms with van der Waals surface area (Å²) in [6, 6.07) is -3.76. The van der Waals surface area contributed by atoms with E-state index in [0.29, 0.717) is 12.8 Å². The van der Waals surface area contributed by atoms with Gasteiger partial charge < -0.3 is 83.8 Å². The van der Waals surface area contributed by atoms with Crippen molar-refractivity contribution in [1.82, 2.24) is 10.6 Å². The van der Waals surface area contributed by atoms with Gasteiger partial charge >= 0.3 is 0 Å². The second-order valence-electron chi connectivity index (χ2n) is 12.5. The maximum absolute atomic E-state index is 12.9. The smallest absolute Gasteiger partial charge is 0.251 e. The van der Waals surface area contributed by atoms with Crippen LogP contribution in [0.3, 0.4) is 0 Å². The number of carbonyl (C=O) groups excluding carboxylic acids is 1. The lowest BCUT2D eigenvalue weighted by atomic mass is 9.83. The fourth-order valence-electron chi connectivity index (χ4n) is 5.88. The van der Waals surface area contributed by atoms with E-state index >= 15 is 0 Å². The summed E-state index contributed by atoms with van der Waals surface area (Å²) in [5.74, 6) is -0.667. The standard InChI is InChI=1S/C27H54N8O10/c1-11(29)23(32)34-9-12-4-5-13(30)25(43-12)44-20-14(31)8-15(35-24(40)17(37)16(36)6-7-28)21(18(20)38)45-26-19(39)22(33-3)27(2,41)10-42-26/h11-22,25-26,33,36-39,41H,4-10,28-31H2,1-3H3,(H2,32,34)(H,35,40)/t11?,12-,13+,14-,15+,16-,17-,18-,19+,20+,21-,22+,25+,26+,27-/m0/s1. The molecule has 3 aliphatic rings. The van der Waals surface area contributed by atoms with E-state index in [4.69, 9.17) is 47.6 Å². The summed E-state index contributed by atoms with van der Waals surface area (Å²) < 4.78 is 23.9. The van der Waals surface area contributed by atoms with Crippen molar-refractivity contribution in [3.05, 3.63) is 0 Å². The average molecular weight is 651 g/mol. The van der Waals surface area contributed by atoms with Crippen molar-refractivity contribution in [2.24, 2.45) is 33.7 Å². The van der Waals surface area contributed by atoms with Gasteiger partial charge in [0.2, 0.25) is 0 Å². The van der Waals surface area contributed by atoms with E-state index in [1.807, 2.05) is 0 Å². The lowest BCUT2D eigenvalue weighted by molar-refractivity contribution is -0.307. The Morgan fingerprint density at radius 2 is 1.78 bits per heavy atom. The van der Waals surface area contributed by atoms with E-state index in [9.17, 15) is 30.3 Å². The molecule has 0 aromatic heterocycles. The van der Waals surface area contributed by atoms with Crippen LogP contribution in [-0.4, -0.2) is 155 Å². The SMILES string of the molecule is CN[C@@H]1[C@@H](O)[C@@H](O[C@@H]2[C@@H](O)[C@H](O[C@H]3O[C@H](CN=C(N)C(C)N)CC[C@H]3N)[C@@H](N)C[C@H]2NC(=O)[C@@H](O)[C@@H](O)CCN)OC[C@]1(C)O. The summed E-state index contributed by atoms with van der Waals surface area (Å²) in [4.78, 5) is 17.2. The fourth-order valence-corrected chi connectivity index (χ4v) is 5.88. The number of aliphatic hydroxyl groups excluding tert-OH is 4. The fraction of sp³-hybridized carbons (Fsp3) is 0.926. The first-order valence-corrected chi connectivity index (χ1v) is 15.4. The summed E-state index contributed by atoms with van der Waals surface area (Å²) in [7, 11) is 1.55. The van der Waals surface area contributed by atoms with Gasteiger partial charge in [0, 0.05) is 6.04 Å². The number of nitrogens with zero attached hydrogens (tertiary/aromatic N) is 1. The Morgan fingerprint density at radius 1 is 1.11 bits per heavy atom. The maximum Gasteiger partial charge on any atom is 0.251 e. The van der Waals surface area contributed by atoms with Crippen LogP contribution >= 0.6 is 0 Å². The molecule has 1 saturated carbocycles. The highest BCUT2D eigenvalue weighted by atomic mass is 16.7. The number of nitrogens with two attached hydrogens (primary N) is 5. The lowest BCUT2D eigenvalue weighted by Gasteiger charge is -2.49. The number of nitrogens with one attached hydrogen (secondary N) is 2. The Balaban J connectivity index is 1.81. The molecule has 0 aromatic rings. The highest BCUT2D eigenvalue weighted by molar-refractivity contribution is 5.85. The molecule has 3 fully saturated rings. The number of amidine groups is 1. The monoisotopic (exact) mass is 650 g/mol. The Kier molecular flexibility index (Phi) is 13.8. The van der Waals surface area contributed by atoms with Gasteiger partial charge in [0.25, 0.3) is 5.91 Å². The summed E-state index contributed by atoms with van der Waals surface area (Å²) in [5, 5.41) is 59.2. The number of hydrogen-bond acceptors (Lipinski definition) is 16. The summed E-state index contributed by atoms with van der Waals surface area (Å²) in [6.07, 6.45) is -10.3. The average Bonchev–Trinajstić information content (AvgIpc) is 2.97. The molecule has 3 rings (SSSR count). The predicted molar refractivity (Wildman–Crippen MR) is 161 cm³/mol. The normalized spacial score (nSPS) is 41.7. The molecular weight excluding hydrogens is 596 g/mol. The molecule has 1 aliphatic carbocycles. The Labute approximate surface area is 262 Å². The second kappa shape index (κ2) is 16.5. The molecule has 1 unspecified atom stereocenters. The van der Waals surface area contributed by atoms with E-state index in [1.54, 1.807) is 14.0 Å². The van der Waals surface area contributed by atoms with E-state index < -0.39 is 90.9 Å². The molecule has 18 nitrogen and oxygen atoms in total. The molecule has 2 aliphatic heterocycles. The molecule has 0 radical (unpaired) electrons. The number of ether oxygens (including phenoxy) is 4. The number of rotatable bonds is 13. The van der Waals surface area contributed by atoms with Crippen LogP contribution in [0.4, 0.5) is 0 Å². The zero-order chi connectivity index (χ0) is 33.6. The number of carbonyl (C=O) groups is 1. The van der Waals surface area contributed by atoms with Crippen LogP contribution in [0.5, 0.6) is 0 Å². The van der Waals surface area contributed by atoms with Crippen molar-refractivity contribution < 1.29 is 49.3 Å². The van der Waals surface area contributed by atoms with Gasteiger partial charge in [-0.25, -0.2) is 0 Å². The molecule has 45 heavy (non-hydrogen) atoms. The first-order chi connectivity index (χ1) is 21.1. The Bertz CT molecular complexity index is 980. The molecule has 18 heteroatoms. The van der Waals surface area contributed by atoms with Crippen molar-refractivity contribution in [3.8, 4) is 0 Å². The van der Waals surface area contributed by atoms with E-state index in [1.165, 1.54) is 6.92 Å². The van der Waals surface area contributed by atoms with Gasteiger partial charge in [-0.15, -0.1) is 0 Å². The quantitative estimate of drug-likeness (QED) is 0.0652. The van der Waals surface area contributed by atoms with E-state index in [0.717, 1.165) is 0 Å². The third-order valence-electron chi connectivity index (χ3n) is 8.61. The molecule has 0 aromatic carbocycles. The van der Waals surface area contributed by atoms with Gasteiger partial charge in [0.15, 0.2) is 18.7 Å². The molecular formula is C27H54N8O10. The molecule has 0 spiro atoms. The second-order valence-corrected chi connectivity index (χ2v) is 12.5. The number of likely N-dealkylation sites (N-methyl/N-ethyl adjacent to an activating group) is 1. The zero-order valence-electron chi connectivity index (χ0n) is 26.1. The van der Waals surface area contributed by atoms with Gasteiger partial charge in [-0.2, -0.15) is 0 Å². The van der Waals surface area contributed by atoms with Gasteiger partial charge in [0.1, 0.15) is 35.9 Å². The summed E-state index contributed by atoms with van der Waals surface area (Å²) in [6.45, 7) is 3.25. The van der Waals surface area contributed by atoms with Gasteiger partial charge in [-0.1, -0.05) is 0 Å². The van der Waals surface area contributed by atoms with Crippen LogP contribution in [0.1, 0.15) is 39.5 Å². The van der Waals surface area contributed by atoms with Crippen molar-refractivity contribution in [3.63, 3.8) is 0 Å². The van der Waals surface area contributed by atoms with Crippen LogP contribution in [0.2, 0.25) is 0 Å². The minimum atomic E-state index is -1.82. The van der Waals surface area contributed by atoms with Crippen molar-refractivity contribution >= 4 is 11.7 Å². The first kappa shape index (κ1) is 37.8. The Hall–Kier alpha value is -1.62. The first-order valence-electron chi connectivity index (χ1n) is 15.4. The molecule has 2 heterocycles. The van der Waals surface area contributed by atoms with Crippen molar-refractivity contribution in [1.29, 1.82) is 0 Å². The van der Waals surface area contributed by atoms with Gasteiger partial charge in [-0.05, 0) is 53.1 Å². The van der Waals surface area contributed by atoms with Crippen molar-refractivity contribution in [2.75, 3.05) is 26.7 Å². The van der Waals surface area contributed by atoms with Gasteiger partial charge in [0.05, 0.1) is 49.5 Å². The maximum atomic E-state index is 12.9. The number of aliphatic imine (C=N–C) groups is 1. The minimum Gasteiger partial charge on any atom is -0.390 e. The molecule has 262 valence electrons. The summed E-state index contributed by atoms with van der Waals surface area (Å²) >= 11 is 0. The molecule has 2 saturated heterocycles. The minimum absolute atomic E-state index is 0.0194. The van der Waals surface area contributed by atoms with Crippen LogP contribution < -0.4 is 39.3 Å². The van der Waals surface area contributed by atoms with E-state index in [-0.39, 0.29) is 44.5 Å². The molecule has 15 atom stereocenters. The zero-order valence-corrected chi connectivity index (χ0v) is 26.1. The lowest BCUT2D eigenvalue weighted by Crippen LogP contribution is -2.69. The largest absolute Gasteiger partial charge is 0.390 e. The Morgan fingerprint density at radius 3 is 2.40 bits per heavy atom. The van der Waals surface area contributed by atoms with Crippen LogP contribution in [0, 0.1) is 0 Å². The highest BCUT2D eigenvalue weighted by Crippen LogP contribution is 2.32. The topological polar surface area (TPSA) is 322 Å². The third-order valence-corrected chi connectivity index (χ3v) is 8.61. The molecule has 1 amide bonds. The third kappa shape index (κ3) is 9.48.